The molecule has 0 aliphatic rings. The van der Waals surface area contributed by atoms with E-state index >= 15 is 0 Å². The van der Waals surface area contributed by atoms with Gasteiger partial charge in [-0.25, -0.2) is 0 Å². The molecule has 5 heteroatoms. The first-order valence-corrected chi connectivity index (χ1v) is 6.57. The number of hydrogen-bond acceptors (Lipinski definition) is 1. The van der Waals surface area contributed by atoms with E-state index in [1.165, 1.54) is 0 Å². The second kappa shape index (κ2) is 6.48. The van der Waals surface area contributed by atoms with Crippen LogP contribution >= 0.6 is 34.8 Å². The molecular weight excluding hydrogens is 280 g/mol. The van der Waals surface area contributed by atoms with Gasteiger partial charge in [0.1, 0.15) is 0 Å². The standard InChI is InChI=1S/C12H14Cl3NO/c1-7(6-13)8(2)16-12(17)11-9(14)4-3-5-10(11)15/h3-5,7-8H,6H2,1-2H3,(H,16,17). The molecule has 0 aliphatic heterocycles. The Morgan fingerprint density at radius 3 is 2.29 bits per heavy atom. The summed E-state index contributed by atoms with van der Waals surface area (Å²) in [7, 11) is 0. The highest BCUT2D eigenvalue weighted by atomic mass is 35.5. The number of benzene rings is 1. The Hall–Kier alpha value is -0.440. The van der Waals surface area contributed by atoms with Gasteiger partial charge in [0.15, 0.2) is 0 Å². The van der Waals surface area contributed by atoms with Crippen LogP contribution in [0.1, 0.15) is 24.2 Å². The molecule has 0 radical (unpaired) electrons. The molecule has 1 aromatic carbocycles. The lowest BCUT2D eigenvalue weighted by atomic mass is 10.1. The Bertz CT molecular complexity index is 388. The summed E-state index contributed by atoms with van der Waals surface area (Å²) < 4.78 is 0. The van der Waals surface area contributed by atoms with Crippen LogP contribution in [0, 0.1) is 5.92 Å². The van der Waals surface area contributed by atoms with Crippen molar-refractivity contribution >= 4 is 40.7 Å². The minimum atomic E-state index is -0.273. The molecule has 0 spiro atoms. The summed E-state index contributed by atoms with van der Waals surface area (Å²) in [5, 5.41) is 3.53. The number of amides is 1. The van der Waals surface area contributed by atoms with Gasteiger partial charge in [-0.2, -0.15) is 0 Å². The van der Waals surface area contributed by atoms with Gasteiger partial charge in [0, 0.05) is 11.9 Å². The minimum Gasteiger partial charge on any atom is -0.349 e. The molecule has 1 rings (SSSR count). The van der Waals surface area contributed by atoms with E-state index in [9.17, 15) is 4.79 Å². The van der Waals surface area contributed by atoms with Gasteiger partial charge in [0.25, 0.3) is 5.91 Å². The number of halogens is 3. The number of rotatable bonds is 4. The van der Waals surface area contributed by atoms with Crippen molar-refractivity contribution in [3.05, 3.63) is 33.8 Å². The molecule has 1 aromatic rings. The summed E-state index contributed by atoms with van der Waals surface area (Å²) in [5.74, 6) is 0.393. The van der Waals surface area contributed by atoms with Crippen molar-refractivity contribution in [3.8, 4) is 0 Å². The van der Waals surface area contributed by atoms with Crippen LogP contribution < -0.4 is 5.32 Å². The SMILES string of the molecule is CC(CCl)C(C)NC(=O)c1c(Cl)cccc1Cl. The summed E-state index contributed by atoms with van der Waals surface area (Å²) in [5.41, 5.74) is 0.310. The first-order chi connectivity index (χ1) is 7.97. The fourth-order valence-corrected chi connectivity index (χ4v) is 2.11. The third kappa shape index (κ3) is 3.77. The average molecular weight is 295 g/mol. The van der Waals surface area contributed by atoms with E-state index < -0.39 is 0 Å². The van der Waals surface area contributed by atoms with Crippen molar-refractivity contribution in [2.24, 2.45) is 5.92 Å². The molecule has 0 fully saturated rings. The van der Waals surface area contributed by atoms with Gasteiger partial charge in [-0.3, -0.25) is 4.79 Å². The average Bonchev–Trinajstić information content (AvgIpc) is 2.27. The Kier molecular flexibility index (Phi) is 5.57. The molecule has 0 saturated carbocycles. The van der Waals surface area contributed by atoms with E-state index in [2.05, 4.69) is 5.32 Å². The maximum Gasteiger partial charge on any atom is 0.254 e. The van der Waals surface area contributed by atoms with Crippen LogP contribution in [0.25, 0.3) is 0 Å². The molecule has 2 unspecified atom stereocenters. The summed E-state index contributed by atoms with van der Waals surface area (Å²) >= 11 is 17.6. The zero-order valence-electron chi connectivity index (χ0n) is 9.64. The summed E-state index contributed by atoms with van der Waals surface area (Å²) in [6.45, 7) is 3.86. The highest BCUT2D eigenvalue weighted by Crippen LogP contribution is 2.24. The maximum atomic E-state index is 12.0. The minimum absolute atomic E-state index is 0.0349. The van der Waals surface area contributed by atoms with Crippen LogP contribution in [0.5, 0.6) is 0 Å². The third-order valence-electron chi connectivity index (χ3n) is 2.65. The number of alkyl halides is 1. The molecule has 94 valence electrons. The summed E-state index contributed by atoms with van der Waals surface area (Å²) in [4.78, 5) is 12.0. The maximum absolute atomic E-state index is 12.0. The first kappa shape index (κ1) is 14.6. The van der Waals surface area contributed by atoms with Gasteiger partial charge in [0.2, 0.25) is 0 Å². The molecule has 2 nitrogen and oxygen atoms in total. The second-order valence-corrected chi connectivity index (χ2v) is 5.11. The Morgan fingerprint density at radius 1 is 1.29 bits per heavy atom. The van der Waals surface area contributed by atoms with Gasteiger partial charge < -0.3 is 5.32 Å². The van der Waals surface area contributed by atoms with Crippen LogP contribution in [0.2, 0.25) is 10.0 Å². The molecule has 0 bridgehead atoms. The zero-order valence-corrected chi connectivity index (χ0v) is 11.9. The van der Waals surface area contributed by atoms with E-state index in [1.807, 2.05) is 13.8 Å². The molecule has 0 aromatic heterocycles. The van der Waals surface area contributed by atoms with Crippen molar-refractivity contribution in [2.75, 3.05) is 5.88 Å². The van der Waals surface area contributed by atoms with E-state index in [0.717, 1.165) is 0 Å². The zero-order chi connectivity index (χ0) is 13.0. The van der Waals surface area contributed by atoms with Crippen LogP contribution in [-0.4, -0.2) is 17.8 Å². The van der Waals surface area contributed by atoms with Gasteiger partial charge >= 0.3 is 0 Å². The van der Waals surface area contributed by atoms with Gasteiger partial charge in [-0.15, -0.1) is 11.6 Å². The fraction of sp³-hybridized carbons (Fsp3) is 0.417. The first-order valence-electron chi connectivity index (χ1n) is 5.28. The van der Waals surface area contributed by atoms with E-state index in [-0.39, 0.29) is 17.9 Å². The number of hydrogen-bond donors (Lipinski definition) is 1. The highest BCUT2D eigenvalue weighted by Gasteiger charge is 2.19. The van der Waals surface area contributed by atoms with Crippen LogP contribution in [0.4, 0.5) is 0 Å². The van der Waals surface area contributed by atoms with Crippen molar-refractivity contribution in [2.45, 2.75) is 19.9 Å². The number of carbonyl (C=O) groups is 1. The van der Waals surface area contributed by atoms with Crippen molar-refractivity contribution in [1.29, 1.82) is 0 Å². The smallest absolute Gasteiger partial charge is 0.254 e. The van der Waals surface area contributed by atoms with Gasteiger partial charge in [0.05, 0.1) is 15.6 Å². The Morgan fingerprint density at radius 2 is 1.82 bits per heavy atom. The second-order valence-electron chi connectivity index (χ2n) is 3.99. The summed E-state index contributed by atoms with van der Waals surface area (Å²) in [6.07, 6.45) is 0. The fourth-order valence-electron chi connectivity index (χ4n) is 1.27. The lowest BCUT2D eigenvalue weighted by Gasteiger charge is -2.19. The normalized spacial score (nSPS) is 14.2. The number of carbonyl (C=O) groups excluding carboxylic acids is 1. The van der Waals surface area contributed by atoms with E-state index in [0.29, 0.717) is 21.5 Å². The lowest BCUT2D eigenvalue weighted by Crippen LogP contribution is -2.38. The molecule has 1 amide bonds. The molecular formula is C12H14Cl3NO. The monoisotopic (exact) mass is 293 g/mol. The quantitative estimate of drug-likeness (QED) is 0.836. The number of nitrogens with one attached hydrogen (secondary N) is 1. The van der Waals surface area contributed by atoms with E-state index in [4.69, 9.17) is 34.8 Å². The predicted molar refractivity (Wildman–Crippen MR) is 73.3 cm³/mol. The van der Waals surface area contributed by atoms with Crippen molar-refractivity contribution < 1.29 is 4.79 Å². The molecule has 1 N–H and O–H groups in total. The van der Waals surface area contributed by atoms with Crippen LogP contribution in [0.3, 0.4) is 0 Å². The molecule has 17 heavy (non-hydrogen) atoms. The Balaban J connectivity index is 2.84. The molecule has 2 atom stereocenters. The Labute approximate surface area is 116 Å². The highest BCUT2D eigenvalue weighted by molar-refractivity contribution is 6.39. The van der Waals surface area contributed by atoms with Gasteiger partial charge in [-0.1, -0.05) is 36.2 Å². The molecule has 0 aliphatic carbocycles. The van der Waals surface area contributed by atoms with Crippen LogP contribution in [-0.2, 0) is 0 Å². The predicted octanol–water partition coefficient (Wildman–Crippen LogP) is 3.99. The van der Waals surface area contributed by atoms with Gasteiger partial charge in [-0.05, 0) is 25.0 Å². The molecule has 0 heterocycles. The largest absolute Gasteiger partial charge is 0.349 e. The van der Waals surface area contributed by atoms with Crippen LogP contribution in [0.15, 0.2) is 18.2 Å². The van der Waals surface area contributed by atoms with Crippen molar-refractivity contribution in [1.82, 2.24) is 5.32 Å². The van der Waals surface area contributed by atoms with E-state index in [1.54, 1.807) is 18.2 Å². The third-order valence-corrected chi connectivity index (χ3v) is 3.76. The topological polar surface area (TPSA) is 29.1 Å². The molecule has 0 saturated heterocycles. The lowest BCUT2D eigenvalue weighted by molar-refractivity contribution is 0.0931. The summed E-state index contributed by atoms with van der Waals surface area (Å²) in [6, 6.07) is 4.94. The van der Waals surface area contributed by atoms with Crippen molar-refractivity contribution in [3.63, 3.8) is 0 Å².